The van der Waals surface area contributed by atoms with Gasteiger partial charge in [-0.1, -0.05) is 0 Å². The van der Waals surface area contributed by atoms with Gasteiger partial charge < -0.3 is 19.4 Å². The van der Waals surface area contributed by atoms with Crippen LogP contribution in [0.15, 0.2) is 24.7 Å². The van der Waals surface area contributed by atoms with Gasteiger partial charge in [0.05, 0.1) is 25.6 Å². The van der Waals surface area contributed by atoms with Crippen LogP contribution in [0.25, 0.3) is 0 Å². The number of rotatable bonds is 4. The highest BCUT2D eigenvalue weighted by molar-refractivity contribution is 5.45. The summed E-state index contributed by atoms with van der Waals surface area (Å²) in [5.41, 5.74) is 0. The summed E-state index contributed by atoms with van der Waals surface area (Å²) in [4.78, 5) is 23.9. The number of hydrogen-bond acceptors (Lipinski definition) is 8. The Bertz CT molecular complexity index is 754. The first-order valence-corrected chi connectivity index (χ1v) is 9.32. The van der Waals surface area contributed by atoms with Crippen LogP contribution < -0.4 is 14.7 Å². The van der Waals surface area contributed by atoms with Crippen LogP contribution in [0, 0.1) is 5.82 Å². The lowest BCUT2D eigenvalue weighted by Crippen LogP contribution is -2.47. The Morgan fingerprint density at radius 2 is 1.85 bits per heavy atom. The monoisotopic (exact) mass is 373 g/mol. The van der Waals surface area contributed by atoms with Gasteiger partial charge in [-0.05, 0) is 18.9 Å². The molecule has 8 nitrogen and oxygen atoms in total. The number of nitrogens with zero attached hydrogens (tertiary/aromatic N) is 7. The normalized spacial score (nSPS) is 20.6. The summed E-state index contributed by atoms with van der Waals surface area (Å²) < 4.78 is 18.5. The molecule has 2 aliphatic heterocycles. The molecule has 2 aromatic rings. The summed E-state index contributed by atoms with van der Waals surface area (Å²) in [6.07, 6.45) is 6.33. The van der Waals surface area contributed by atoms with Crippen molar-refractivity contribution in [2.45, 2.75) is 18.9 Å². The van der Waals surface area contributed by atoms with Gasteiger partial charge in [0.25, 0.3) is 0 Å². The van der Waals surface area contributed by atoms with Crippen molar-refractivity contribution in [3.05, 3.63) is 30.5 Å². The molecule has 4 heterocycles. The largest absolute Gasteiger partial charge is 0.378 e. The molecule has 2 fully saturated rings. The molecule has 0 radical (unpaired) electrons. The number of morpholine rings is 1. The molecule has 0 bridgehead atoms. The summed E-state index contributed by atoms with van der Waals surface area (Å²) >= 11 is 0. The maximum atomic E-state index is 13.1. The third-order valence-corrected chi connectivity index (χ3v) is 5.12. The number of aromatic nitrogens is 4. The highest BCUT2D eigenvalue weighted by Crippen LogP contribution is 2.23. The Hall–Kier alpha value is -2.55. The lowest BCUT2D eigenvalue weighted by atomic mass is 10.0. The van der Waals surface area contributed by atoms with Crippen molar-refractivity contribution in [3.63, 3.8) is 0 Å². The molecule has 4 rings (SSSR count). The zero-order chi connectivity index (χ0) is 18.6. The molecule has 2 saturated heterocycles. The second-order valence-corrected chi connectivity index (χ2v) is 6.87. The van der Waals surface area contributed by atoms with Crippen molar-refractivity contribution < 1.29 is 9.13 Å². The Labute approximate surface area is 158 Å². The molecule has 0 aromatic carbocycles. The first kappa shape index (κ1) is 17.8. The Balaban J connectivity index is 1.47. The van der Waals surface area contributed by atoms with Crippen molar-refractivity contribution in [3.8, 4) is 0 Å². The van der Waals surface area contributed by atoms with Gasteiger partial charge in [0.2, 0.25) is 11.9 Å². The fourth-order valence-electron chi connectivity index (χ4n) is 3.56. The summed E-state index contributed by atoms with van der Waals surface area (Å²) in [6.45, 7) is 4.69. The van der Waals surface area contributed by atoms with Crippen molar-refractivity contribution in [2.24, 2.45) is 0 Å². The van der Waals surface area contributed by atoms with Crippen molar-refractivity contribution in [1.29, 1.82) is 0 Å². The molecule has 2 aliphatic rings. The van der Waals surface area contributed by atoms with Crippen molar-refractivity contribution >= 4 is 17.7 Å². The predicted octanol–water partition coefficient (Wildman–Crippen LogP) is 1.35. The van der Waals surface area contributed by atoms with E-state index in [1.165, 1.54) is 12.4 Å². The number of halogens is 1. The van der Waals surface area contributed by atoms with Crippen LogP contribution in [-0.2, 0) is 4.74 Å². The van der Waals surface area contributed by atoms with Gasteiger partial charge in [0, 0.05) is 45.5 Å². The number of anilines is 3. The van der Waals surface area contributed by atoms with E-state index in [1.54, 1.807) is 0 Å². The maximum absolute atomic E-state index is 13.1. The van der Waals surface area contributed by atoms with Crippen LogP contribution in [0.1, 0.15) is 12.8 Å². The minimum absolute atomic E-state index is 0.278. The van der Waals surface area contributed by atoms with Gasteiger partial charge in [0.1, 0.15) is 5.82 Å². The summed E-state index contributed by atoms with van der Waals surface area (Å²) in [5, 5.41) is 0. The number of hydrogen-bond donors (Lipinski definition) is 0. The van der Waals surface area contributed by atoms with E-state index in [0.717, 1.165) is 50.8 Å². The molecule has 9 heteroatoms. The lowest BCUT2D eigenvalue weighted by Gasteiger charge is -2.38. The standard InChI is InChI=1S/C18H24FN7O/c1-24(16-4-5-20-18(23-16)25-7-9-27-10-8-25)15-3-2-6-26(13-15)17-21-11-14(19)12-22-17/h4-5,11-12,15H,2-3,6-10,13H2,1H3. The summed E-state index contributed by atoms with van der Waals surface area (Å²) in [6, 6.07) is 2.22. The quantitative estimate of drug-likeness (QED) is 0.795. The van der Waals surface area contributed by atoms with E-state index >= 15 is 0 Å². The van der Waals surface area contributed by atoms with Gasteiger partial charge in [-0.2, -0.15) is 4.98 Å². The summed E-state index contributed by atoms with van der Waals surface area (Å²) in [7, 11) is 2.06. The van der Waals surface area contributed by atoms with Gasteiger partial charge in [-0.25, -0.2) is 19.3 Å². The van der Waals surface area contributed by atoms with Crippen LogP contribution in [0.5, 0.6) is 0 Å². The van der Waals surface area contributed by atoms with Crippen LogP contribution in [0.2, 0.25) is 0 Å². The summed E-state index contributed by atoms with van der Waals surface area (Å²) in [5.74, 6) is 1.81. The molecule has 0 spiro atoms. The van der Waals surface area contributed by atoms with E-state index in [1.807, 2.05) is 12.3 Å². The molecule has 0 amide bonds. The van der Waals surface area contributed by atoms with Gasteiger partial charge in [-0.3, -0.25) is 0 Å². The zero-order valence-electron chi connectivity index (χ0n) is 15.5. The molecule has 0 N–H and O–H groups in total. The van der Waals surface area contributed by atoms with Crippen molar-refractivity contribution in [1.82, 2.24) is 19.9 Å². The molecule has 1 atom stereocenters. The van der Waals surface area contributed by atoms with E-state index in [-0.39, 0.29) is 6.04 Å². The minimum atomic E-state index is -0.416. The Morgan fingerprint density at radius 3 is 2.63 bits per heavy atom. The SMILES string of the molecule is CN(c1ccnc(N2CCOCC2)n1)C1CCCN(c2ncc(F)cn2)C1. The van der Waals surface area contributed by atoms with Crippen molar-refractivity contribution in [2.75, 3.05) is 61.1 Å². The second kappa shape index (κ2) is 7.99. The van der Waals surface area contributed by atoms with Gasteiger partial charge >= 0.3 is 0 Å². The third-order valence-electron chi connectivity index (χ3n) is 5.12. The third kappa shape index (κ3) is 4.08. The second-order valence-electron chi connectivity index (χ2n) is 6.87. The average molecular weight is 373 g/mol. The van der Waals surface area contributed by atoms with E-state index in [4.69, 9.17) is 9.72 Å². The number of piperidine rings is 1. The van der Waals surface area contributed by atoms with Gasteiger partial charge in [-0.15, -0.1) is 0 Å². The first-order chi connectivity index (χ1) is 13.2. The predicted molar refractivity (Wildman–Crippen MR) is 101 cm³/mol. The molecule has 0 saturated carbocycles. The highest BCUT2D eigenvalue weighted by Gasteiger charge is 2.26. The van der Waals surface area contributed by atoms with E-state index in [0.29, 0.717) is 19.2 Å². The molecule has 2 aromatic heterocycles. The van der Waals surface area contributed by atoms with Crippen LogP contribution >= 0.6 is 0 Å². The zero-order valence-corrected chi connectivity index (χ0v) is 15.5. The molecular weight excluding hydrogens is 349 g/mol. The Morgan fingerprint density at radius 1 is 1.07 bits per heavy atom. The smallest absolute Gasteiger partial charge is 0.227 e. The van der Waals surface area contributed by atoms with E-state index in [2.05, 4.69) is 36.7 Å². The first-order valence-electron chi connectivity index (χ1n) is 9.32. The molecule has 1 unspecified atom stereocenters. The van der Waals surface area contributed by atoms with Crippen LogP contribution in [-0.4, -0.2) is 72.4 Å². The van der Waals surface area contributed by atoms with Gasteiger partial charge in [0.15, 0.2) is 5.82 Å². The van der Waals surface area contributed by atoms with E-state index in [9.17, 15) is 4.39 Å². The topological polar surface area (TPSA) is 70.5 Å². The fourth-order valence-corrected chi connectivity index (χ4v) is 3.56. The van der Waals surface area contributed by atoms with Crippen LogP contribution in [0.4, 0.5) is 22.1 Å². The Kier molecular flexibility index (Phi) is 5.28. The molecule has 0 aliphatic carbocycles. The fraction of sp³-hybridized carbons (Fsp3) is 0.556. The lowest BCUT2D eigenvalue weighted by molar-refractivity contribution is 0.122. The van der Waals surface area contributed by atoms with Crippen LogP contribution in [0.3, 0.4) is 0 Å². The maximum Gasteiger partial charge on any atom is 0.227 e. The molecule has 144 valence electrons. The van der Waals surface area contributed by atoms with E-state index < -0.39 is 5.82 Å². The average Bonchev–Trinajstić information content (AvgIpc) is 2.74. The molecular formula is C18H24FN7O. The minimum Gasteiger partial charge on any atom is -0.378 e. The molecule has 27 heavy (non-hydrogen) atoms. The number of ether oxygens (including phenoxy) is 1. The number of likely N-dealkylation sites (N-methyl/N-ethyl adjacent to an activating group) is 1. The highest BCUT2D eigenvalue weighted by atomic mass is 19.1.